The van der Waals surface area contributed by atoms with E-state index in [4.69, 9.17) is 9.47 Å². The molecule has 4 heteroatoms. The number of fused-ring (bicyclic) bond motifs is 4. The SMILES string of the molecule is O=C(OC1CC2CC1CC1OC21)C(CO)c1ccccc1. The first kappa shape index (κ1) is 13.3. The summed E-state index contributed by atoms with van der Waals surface area (Å²) in [7, 11) is 0. The monoisotopic (exact) mass is 288 g/mol. The maximum atomic E-state index is 12.4. The molecule has 0 spiro atoms. The summed E-state index contributed by atoms with van der Waals surface area (Å²) in [6.07, 6.45) is 3.91. The van der Waals surface area contributed by atoms with Gasteiger partial charge in [0.25, 0.3) is 0 Å². The molecule has 0 amide bonds. The number of esters is 1. The third kappa shape index (κ3) is 2.36. The van der Waals surface area contributed by atoms with Gasteiger partial charge in [-0.25, -0.2) is 0 Å². The van der Waals surface area contributed by atoms with Crippen LogP contribution in [0.15, 0.2) is 30.3 Å². The van der Waals surface area contributed by atoms with Gasteiger partial charge in [-0.1, -0.05) is 30.3 Å². The van der Waals surface area contributed by atoms with Crippen LogP contribution in [0.5, 0.6) is 0 Å². The van der Waals surface area contributed by atoms with Crippen LogP contribution in [0.3, 0.4) is 0 Å². The molecule has 0 radical (unpaired) electrons. The normalized spacial score (nSPS) is 37.7. The van der Waals surface area contributed by atoms with E-state index in [-0.39, 0.29) is 18.7 Å². The highest BCUT2D eigenvalue weighted by molar-refractivity contribution is 5.78. The summed E-state index contributed by atoms with van der Waals surface area (Å²) in [6, 6.07) is 9.36. The van der Waals surface area contributed by atoms with Crippen molar-refractivity contribution in [2.75, 3.05) is 6.61 Å². The lowest BCUT2D eigenvalue weighted by molar-refractivity contribution is -0.154. The molecule has 1 saturated heterocycles. The summed E-state index contributed by atoms with van der Waals surface area (Å²) in [4.78, 5) is 12.4. The molecule has 4 rings (SSSR count). The molecule has 6 atom stereocenters. The van der Waals surface area contributed by atoms with Crippen molar-refractivity contribution < 1.29 is 19.4 Å². The number of rotatable bonds is 4. The zero-order chi connectivity index (χ0) is 14.4. The Morgan fingerprint density at radius 2 is 2.05 bits per heavy atom. The number of carbonyl (C=O) groups is 1. The first-order valence-electron chi connectivity index (χ1n) is 7.78. The Labute approximate surface area is 124 Å². The maximum absolute atomic E-state index is 12.4. The zero-order valence-electron chi connectivity index (χ0n) is 11.9. The highest BCUT2D eigenvalue weighted by Crippen LogP contribution is 2.52. The van der Waals surface area contributed by atoms with Crippen LogP contribution >= 0.6 is 0 Å². The summed E-state index contributed by atoms with van der Waals surface area (Å²) >= 11 is 0. The molecule has 112 valence electrons. The van der Waals surface area contributed by atoms with Gasteiger partial charge in [0.1, 0.15) is 12.0 Å². The summed E-state index contributed by atoms with van der Waals surface area (Å²) in [5.74, 6) is 0.141. The van der Waals surface area contributed by atoms with Crippen LogP contribution in [-0.2, 0) is 14.3 Å². The molecule has 1 heterocycles. The molecule has 2 bridgehead atoms. The predicted molar refractivity (Wildman–Crippen MR) is 75.6 cm³/mol. The zero-order valence-corrected chi connectivity index (χ0v) is 11.9. The number of benzene rings is 1. The average Bonchev–Trinajstić information content (AvgIpc) is 3.20. The molecule has 0 aromatic heterocycles. The van der Waals surface area contributed by atoms with Crippen molar-refractivity contribution in [3.05, 3.63) is 35.9 Å². The van der Waals surface area contributed by atoms with Crippen molar-refractivity contribution in [2.24, 2.45) is 11.8 Å². The lowest BCUT2D eigenvalue weighted by atomic mass is 9.89. The predicted octanol–water partition coefficient (Wildman–Crippen LogP) is 1.87. The van der Waals surface area contributed by atoms with E-state index in [0.717, 1.165) is 24.8 Å². The summed E-state index contributed by atoms with van der Waals surface area (Å²) < 4.78 is 11.4. The second-order valence-electron chi connectivity index (χ2n) is 6.49. The fraction of sp³-hybridized carbons (Fsp3) is 0.588. The Kier molecular flexibility index (Phi) is 3.23. The molecule has 3 fully saturated rings. The van der Waals surface area contributed by atoms with Crippen LogP contribution in [0.1, 0.15) is 30.7 Å². The first-order valence-corrected chi connectivity index (χ1v) is 7.78. The molecule has 1 N–H and O–H groups in total. The molecule has 4 nitrogen and oxygen atoms in total. The van der Waals surface area contributed by atoms with Gasteiger partial charge in [-0.3, -0.25) is 4.79 Å². The van der Waals surface area contributed by atoms with Crippen LogP contribution in [0.2, 0.25) is 0 Å². The summed E-state index contributed by atoms with van der Waals surface area (Å²) in [6.45, 7) is -0.210. The van der Waals surface area contributed by atoms with E-state index in [2.05, 4.69) is 0 Å². The highest BCUT2D eigenvalue weighted by Gasteiger charge is 2.57. The van der Waals surface area contributed by atoms with Gasteiger partial charge >= 0.3 is 5.97 Å². The van der Waals surface area contributed by atoms with Crippen molar-refractivity contribution >= 4 is 5.97 Å². The van der Waals surface area contributed by atoms with E-state index >= 15 is 0 Å². The molecular formula is C17H20O4. The largest absolute Gasteiger partial charge is 0.462 e. The molecule has 6 unspecified atom stereocenters. The summed E-state index contributed by atoms with van der Waals surface area (Å²) in [5, 5.41) is 9.54. The number of carbonyl (C=O) groups excluding carboxylic acids is 1. The van der Waals surface area contributed by atoms with Gasteiger partial charge in [-0.2, -0.15) is 0 Å². The molecule has 1 aliphatic heterocycles. The minimum Gasteiger partial charge on any atom is -0.462 e. The number of aliphatic hydroxyl groups excluding tert-OH is 1. The molecule has 2 aliphatic carbocycles. The molecule has 1 aromatic carbocycles. The summed E-state index contributed by atoms with van der Waals surface area (Å²) in [5.41, 5.74) is 0.817. The molecule has 1 aromatic rings. The smallest absolute Gasteiger partial charge is 0.316 e. The Bertz CT molecular complexity index is 527. The average molecular weight is 288 g/mol. The Morgan fingerprint density at radius 1 is 1.24 bits per heavy atom. The molecular weight excluding hydrogens is 268 g/mol. The molecule has 2 saturated carbocycles. The van der Waals surface area contributed by atoms with Crippen LogP contribution in [0.4, 0.5) is 0 Å². The molecule has 21 heavy (non-hydrogen) atoms. The fourth-order valence-electron chi connectivity index (χ4n) is 4.08. The van der Waals surface area contributed by atoms with Gasteiger partial charge in [-0.15, -0.1) is 0 Å². The standard InChI is InChI=1S/C17H20O4/c18-9-13(10-4-2-1-3-5-10)17(19)21-14-8-12-6-11(14)7-15-16(12)20-15/h1-5,11-16,18H,6-9H2. The maximum Gasteiger partial charge on any atom is 0.316 e. The van der Waals surface area contributed by atoms with Crippen LogP contribution in [0, 0.1) is 11.8 Å². The van der Waals surface area contributed by atoms with E-state index in [0.29, 0.717) is 24.0 Å². The van der Waals surface area contributed by atoms with Crippen molar-refractivity contribution in [2.45, 2.75) is 43.5 Å². The van der Waals surface area contributed by atoms with Crippen molar-refractivity contribution in [3.63, 3.8) is 0 Å². The lowest BCUT2D eigenvalue weighted by Crippen LogP contribution is -2.28. The van der Waals surface area contributed by atoms with Crippen LogP contribution in [0.25, 0.3) is 0 Å². The van der Waals surface area contributed by atoms with Gasteiger partial charge in [0.15, 0.2) is 0 Å². The van der Waals surface area contributed by atoms with E-state index < -0.39 is 5.92 Å². The first-order chi connectivity index (χ1) is 10.3. The number of aliphatic hydroxyl groups is 1. The Hall–Kier alpha value is -1.39. The van der Waals surface area contributed by atoms with E-state index in [1.807, 2.05) is 30.3 Å². The highest BCUT2D eigenvalue weighted by atomic mass is 16.6. The Balaban J connectivity index is 1.43. The number of epoxide rings is 1. The van der Waals surface area contributed by atoms with Crippen molar-refractivity contribution in [1.29, 1.82) is 0 Å². The topological polar surface area (TPSA) is 59.1 Å². The van der Waals surface area contributed by atoms with E-state index in [1.54, 1.807) is 0 Å². The Morgan fingerprint density at radius 3 is 2.81 bits per heavy atom. The van der Waals surface area contributed by atoms with Gasteiger partial charge in [0, 0.05) is 0 Å². The van der Waals surface area contributed by atoms with Gasteiger partial charge in [-0.05, 0) is 36.7 Å². The van der Waals surface area contributed by atoms with Gasteiger partial charge < -0.3 is 14.6 Å². The fourth-order valence-corrected chi connectivity index (χ4v) is 4.08. The van der Waals surface area contributed by atoms with E-state index in [9.17, 15) is 9.90 Å². The lowest BCUT2D eigenvalue weighted by Gasteiger charge is -2.22. The minimum absolute atomic E-state index is 0.0108. The number of hydrogen-bond acceptors (Lipinski definition) is 4. The van der Waals surface area contributed by atoms with Gasteiger partial charge in [0.2, 0.25) is 0 Å². The van der Waals surface area contributed by atoms with Crippen LogP contribution in [-0.4, -0.2) is 36.0 Å². The number of hydrogen-bond donors (Lipinski definition) is 1. The van der Waals surface area contributed by atoms with Crippen LogP contribution < -0.4 is 0 Å². The van der Waals surface area contributed by atoms with Crippen molar-refractivity contribution in [3.8, 4) is 0 Å². The van der Waals surface area contributed by atoms with Gasteiger partial charge in [0.05, 0.1) is 18.8 Å². The minimum atomic E-state index is -0.572. The van der Waals surface area contributed by atoms with Crippen molar-refractivity contribution in [1.82, 2.24) is 0 Å². The van der Waals surface area contributed by atoms with E-state index in [1.165, 1.54) is 0 Å². The third-order valence-electron chi connectivity index (χ3n) is 5.22. The quantitative estimate of drug-likeness (QED) is 0.679. The third-order valence-corrected chi connectivity index (χ3v) is 5.22. The second kappa shape index (κ2) is 5.11. The molecule has 3 aliphatic rings. The second-order valence-corrected chi connectivity index (χ2v) is 6.49. The number of ether oxygens (including phenoxy) is 2.